The second-order valence-corrected chi connectivity index (χ2v) is 4.09. The van der Waals surface area contributed by atoms with Gasteiger partial charge >= 0.3 is 6.03 Å². The van der Waals surface area contributed by atoms with Crippen molar-refractivity contribution in [1.82, 2.24) is 20.1 Å². The number of anilines is 1. The van der Waals surface area contributed by atoms with Crippen molar-refractivity contribution in [1.29, 1.82) is 0 Å². The van der Waals surface area contributed by atoms with Gasteiger partial charge in [0.15, 0.2) is 5.82 Å². The van der Waals surface area contributed by atoms with E-state index in [9.17, 15) is 4.79 Å². The first kappa shape index (κ1) is 14.0. The van der Waals surface area contributed by atoms with Gasteiger partial charge in [0.1, 0.15) is 6.33 Å². The van der Waals surface area contributed by atoms with Gasteiger partial charge in [-0.2, -0.15) is 0 Å². The molecule has 0 aliphatic rings. The monoisotopic (exact) mass is 275 g/mol. The molecule has 0 fully saturated rings. The summed E-state index contributed by atoms with van der Waals surface area (Å²) in [6, 6.07) is 7.01. The first-order valence-electron chi connectivity index (χ1n) is 6.39. The van der Waals surface area contributed by atoms with Crippen LogP contribution < -0.4 is 10.6 Å². The maximum absolute atomic E-state index is 11.7. The normalized spacial score (nSPS) is 10.3. The number of rotatable bonds is 5. The van der Waals surface area contributed by atoms with E-state index < -0.39 is 0 Å². The Morgan fingerprint density at radius 2 is 2.20 bits per heavy atom. The molecule has 20 heavy (non-hydrogen) atoms. The predicted octanol–water partition coefficient (Wildman–Crippen LogP) is 1.08. The number of carbonyl (C=O) groups is 1. The highest BCUT2D eigenvalue weighted by atomic mass is 16.3. The van der Waals surface area contributed by atoms with Crippen LogP contribution in [0.25, 0.3) is 11.4 Å². The Morgan fingerprint density at radius 1 is 1.40 bits per heavy atom. The maximum Gasteiger partial charge on any atom is 0.319 e. The molecule has 0 unspecified atom stereocenters. The van der Waals surface area contributed by atoms with E-state index in [1.165, 1.54) is 0 Å². The zero-order valence-corrected chi connectivity index (χ0v) is 11.2. The Morgan fingerprint density at radius 3 is 2.95 bits per heavy atom. The van der Waals surface area contributed by atoms with Gasteiger partial charge in [-0.05, 0) is 19.1 Å². The number of aliphatic hydroxyl groups is 1. The number of aryl methyl sites for hydroxylation is 1. The number of para-hydroxylation sites is 1. The van der Waals surface area contributed by atoms with Crippen molar-refractivity contribution in [2.75, 3.05) is 18.5 Å². The molecule has 1 heterocycles. The van der Waals surface area contributed by atoms with E-state index >= 15 is 0 Å². The van der Waals surface area contributed by atoms with Gasteiger partial charge in [-0.1, -0.05) is 12.1 Å². The van der Waals surface area contributed by atoms with Crippen molar-refractivity contribution in [3.05, 3.63) is 30.6 Å². The largest absolute Gasteiger partial charge is 0.395 e. The highest BCUT2D eigenvalue weighted by Crippen LogP contribution is 2.25. The molecular weight excluding hydrogens is 258 g/mol. The number of benzene rings is 1. The van der Waals surface area contributed by atoms with Crippen molar-refractivity contribution in [2.24, 2.45) is 0 Å². The number of aliphatic hydroxyl groups excluding tert-OH is 1. The summed E-state index contributed by atoms with van der Waals surface area (Å²) in [6.45, 7) is 2.85. The van der Waals surface area contributed by atoms with Crippen LogP contribution in [0, 0.1) is 0 Å². The van der Waals surface area contributed by atoms with E-state index in [-0.39, 0.29) is 19.2 Å². The third-order valence-electron chi connectivity index (χ3n) is 2.77. The summed E-state index contributed by atoms with van der Waals surface area (Å²) in [5.41, 5.74) is 1.44. The summed E-state index contributed by atoms with van der Waals surface area (Å²) in [4.78, 5) is 11.7. The van der Waals surface area contributed by atoms with Gasteiger partial charge in [0.25, 0.3) is 0 Å². The van der Waals surface area contributed by atoms with Crippen LogP contribution in [0.4, 0.5) is 10.5 Å². The van der Waals surface area contributed by atoms with Crippen LogP contribution in [0.5, 0.6) is 0 Å². The standard InChI is InChI=1S/C13H17N5O2/c1-2-18-9-15-17-12(18)10-5-3-4-6-11(10)16-13(20)14-7-8-19/h3-6,9,19H,2,7-8H2,1H3,(H2,14,16,20). The highest BCUT2D eigenvalue weighted by Gasteiger charge is 2.12. The topological polar surface area (TPSA) is 92.1 Å². The Bertz CT molecular complexity index is 582. The zero-order valence-electron chi connectivity index (χ0n) is 11.2. The lowest BCUT2D eigenvalue weighted by molar-refractivity contribution is 0.245. The molecule has 0 radical (unpaired) electrons. The highest BCUT2D eigenvalue weighted by molar-refractivity contribution is 5.93. The molecule has 0 spiro atoms. The quantitative estimate of drug-likeness (QED) is 0.761. The van der Waals surface area contributed by atoms with Gasteiger partial charge in [0, 0.05) is 18.7 Å². The van der Waals surface area contributed by atoms with E-state index in [2.05, 4.69) is 20.8 Å². The minimum Gasteiger partial charge on any atom is -0.395 e. The summed E-state index contributed by atoms with van der Waals surface area (Å²) in [5, 5.41) is 22.0. The second kappa shape index (κ2) is 6.67. The molecule has 2 aromatic rings. The Balaban J connectivity index is 2.25. The lowest BCUT2D eigenvalue weighted by atomic mass is 10.1. The molecule has 3 N–H and O–H groups in total. The summed E-state index contributed by atoms with van der Waals surface area (Å²) in [6.07, 6.45) is 1.65. The second-order valence-electron chi connectivity index (χ2n) is 4.09. The smallest absolute Gasteiger partial charge is 0.319 e. The summed E-state index contributed by atoms with van der Waals surface area (Å²) >= 11 is 0. The van der Waals surface area contributed by atoms with Crippen LogP contribution in [0.15, 0.2) is 30.6 Å². The van der Waals surface area contributed by atoms with Crippen LogP contribution in [0.3, 0.4) is 0 Å². The molecule has 7 nitrogen and oxygen atoms in total. The Labute approximate surface area is 116 Å². The van der Waals surface area contributed by atoms with Gasteiger partial charge in [-0.25, -0.2) is 4.79 Å². The SMILES string of the molecule is CCn1cnnc1-c1ccccc1NC(=O)NCCO. The summed E-state index contributed by atoms with van der Waals surface area (Å²) in [5.74, 6) is 0.700. The molecule has 0 saturated heterocycles. The Kier molecular flexibility index (Phi) is 4.67. The summed E-state index contributed by atoms with van der Waals surface area (Å²) in [7, 11) is 0. The minimum atomic E-state index is -0.367. The average Bonchev–Trinajstić information content (AvgIpc) is 2.94. The molecule has 0 aliphatic carbocycles. The van der Waals surface area contributed by atoms with Crippen molar-refractivity contribution < 1.29 is 9.90 Å². The molecule has 0 bridgehead atoms. The third kappa shape index (κ3) is 3.12. The van der Waals surface area contributed by atoms with Crippen LogP contribution in [0.1, 0.15) is 6.92 Å². The number of hydrogen-bond donors (Lipinski definition) is 3. The van der Waals surface area contributed by atoms with Gasteiger partial charge < -0.3 is 20.3 Å². The molecule has 1 aromatic heterocycles. The fourth-order valence-electron chi connectivity index (χ4n) is 1.82. The van der Waals surface area contributed by atoms with Crippen molar-refractivity contribution >= 4 is 11.7 Å². The Hall–Kier alpha value is -2.41. The fourth-order valence-corrected chi connectivity index (χ4v) is 1.82. The molecule has 106 valence electrons. The van der Waals surface area contributed by atoms with Crippen molar-refractivity contribution in [3.8, 4) is 11.4 Å². The van der Waals surface area contributed by atoms with Crippen LogP contribution in [-0.4, -0.2) is 39.1 Å². The minimum absolute atomic E-state index is 0.0980. The molecule has 7 heteroatoms. The molecular formula is C13H17N5O2. The third-order valence-corrected chi connectivity index (χ3v) is 2.77. The number of carbonyl (C=O) groups excluding carboxylic acids is 1. The van der Waals surface area contributed by atoms with Crippen molar-refractivity contribution in [2.45, 2.75) is 13.5 Å². The average molecular weight is 275 g/mol. The summed E-state index contributed by atoms with van der Waals surface area (Å²) < 4.78 is 1.89. The molecule has 2 amide bonds. The van der Waals surface area contributed by atoms with Crippen LogP contribution in [-0.2, 0) is 6.54 Å². The first-order valence-corrected chi connectivity index (χ1v) is 6.39. The van der Waals surface area contributed by atoms with Crippen LogP contribution in [0.2, 0.25) is 0 Å². The number of nitrogens with zero attached hydrogens (tertiary/aromatic N) is 3. The van der Waals surface area contributed by atoms with E-state index in [1.54, 1.807) is 12.4 Å². The molecule has 0 atom stereocenters. The number of amides is 2. The molecule has 1 aromatic carbocycles. The van der Waals surface area contributed by atoms with E-state index in [4.69, 9.17) is 5.11 Å². The number of nitrogens with one attached hydrogen (secondary N) is 2. The van der Waals surface area contributed by atoms with E-state index in [1.807, 2.05) is 29.7 Å². The van der Waals surface area contributed by atoms with E-state index in [0.717, 1.165) is 12.1 Å². The number of urea groups is 1. The number of hydrogen-bond acceptors (Lipinski definition) is 4. The molecule has 2 rings (SSSR count). The lowest BCUT2D eigenvalue weighted by Crippen LogP contribution is -2.31. The van der Waals surface area contributed by atoms with Gasteiger partial charge in [0.2, 0.25) is 0 Å². The van der Waals surface area contributed by atoms with Gasteiger partial charge in [-0.15, -0.1) is 10.2 Å². The zero-order chi connectivity index (χ0) is 14.4. The maximum atomic E-state index is 11.7. The first-order chi connectivity index (χ1) is 9.76. The van der Waals surface area contributed by atoms with Crippen molar-refractivity contribution in [3.63, 3.8) is 0 Å². The fraction of sp³-hybridized carbons (Fsp3) is 0.308. The number of aromatic nitrogens is 3. The van der Waals surface area contributed by atoms with Gasteiger partial charge in [0.05, 0.1) is 12.3 Å². The predicted molar refractivity (Wildman–Crippen MR) is 75.2 cm³/mol. The van der Waals surface area contributed by atoms with Gasteiger partial charge in [-0.3, -0.25) is 0 Å². The molecule has 0 aliphatic heterocycles. The van der Waals surface area contributed by atoms with E-state index in [0.29, 0.717) is 11.5 Å². The lowest BCUT2D eigenvalue weighted by Gasteiger charge is -2.11. The molecule has 0 saturated carbocycles. The van der Waals surface area contributed by atoms with Crippen LogP contribution >= 0.6 is 0 Å².